The predicted molar refractivity (Wildman–Crippen MR) is 74.9 cm³/mol. The van der Waals surface area contributed by atoms with Crippen LogP contribution in [-0.2, 0) is 4.74 Å². The van der Waals surface area contributed by atoms with Crippen molar-refractivity contribution in [2.75, 3.05) is 37.9 Å². The fraction of sp³-hybridized carbons (Fsp3) is 0.667. The first-order valence-corrected chi connectivity index (χ1v) is 6.52. The Morgan fingerprint density at radius 2 is 2.30 bits per heavy atom. The van der Waals surface area contributed by atoms with E-state index in [1.807, 2.05) is 0 Å². The summed E-state index contributed by atoms with van der Waals surface area (Å²) in [6.45, 7) is 1.37. The molecule has 1 aromatic rings. The topological polar surface area (TPSA) is 102 Å². The van der Waals surface area contributed by atoms with Gasteiger partial charge in [0.15, 0.2) is 0 Å². The van der Waals surface area contributed by atoms with Gasteiger partial charge in [-0.15, -0.1) is 0 Å². The summed E-state index contributed by atoms with van der Waals surface area (Å²) in [5.74, 6) is 0.623. The van der Waals surface area contributed by atoms with Gasteiger partial charge in [-0.3, -0.25) is 10.1 Å². The Morgan fingerprint density at radius 1 is 1.55 bits per heavy atom. The quantitative estimate of drug-likeness (QED) is 0.551. The second-order valence-corrected chi connectivity index (χ2v) is 5.03. The van der Waals surface area contributed by atoms with Gasteiger partial charge in [0, 0.05) is 27.3 Å². The van der Waals surface area contributed by atoms with Crippen molar-refractivity contribution in [2.24, 2.45) is 5.41 Å². The molecule has 1 aromatic heterocycles. The summed E-state index contributed by atoms with van der Waals surface area (Å²) in [5.41, 5.74) is 0.0841. The Labute approximate surface area is 117 Å². The van der Waals surface area contributed by atoms with Gasteiger partial charge in [0.25, 0.3) is 0 Å². The number of nitrogens with one attached hydrogen (secondary N) is 2. The number of anilines is 2. The summed E-state index contributed by atoms with van der Waals surface area (Å²) < 4.78 is 5.10. The molecule has 2 N–H and O–H groups in total. The largest absolute Gasteiger partial charge is 0.385 e. The molecule has 20 heavy (non-hydrogen) atoms. The van der Waals surface area contributed by atoms with E-state index >= 15 is 0 Å². The van der Waals surface area contributed by atoms with E-state index in [2.05, 4.69) is 20.6 Å². The average molecular weight is 281 g/mol. The molecule has 0 spiro atoms. The van der Waals surface area contributed by atoms with Crippen LogP contribution in [0.25, 0.3) is 0 Å². The van der Waals surface area contributed by atoms with Gasteiger partial charge < -0.3 is 15.4 Å². The highest BCUT2D eigenvalue weighted by Crippen LogP contribution is 2.48. The van der Waals surface area contributed by atoms with Gasteiger partial charge in [0.1, 0.15) is 6.20 Å². The lowest BCUT2D eigenvalue weighted by molar-refractivity contribution is -0.384. The number of hydrogen-bond donors (Lipinski definition) is 2. The van der Waals surface area contributed by atoms with Crippen LogP contribution < -0.4 is 10.6 Å². The molecular formula is C12H19N5O3. The third-order valence-corrected chi connectivity index (χ3v) is 3.61. The van der Waals surface area contributed by atoms with Crippen molar-refractivity contribution in [3.8, 4) is 0 Å². The van der Waals surface area contributed by atoms with Crippen molar-refractivity contribution in [1.29, 1.82) is 0 Å². The van der Waals surface area contributed by atoms with E-state index in [0.29, 0.717) is 19.1 Å². The number of nitro groups is 1. The first kappa shape index (κ1) is 14.4. The number of hydrogen-bond acceptors (Lipinski definition) is 7. The minimum Gasteiger partial charge on any atom is -0.385 e. The predicted octanol–water partition coefficient (Wildman–Crippen LogP) is 1.66. The zero-order chi connectivity index (χ0) is 14.6. The Balaban J connectivity index is 2.06. The van der Waals surface area contributed by atoms with E-state index in [-0.39, 0.29) is 16.9 Å². The molecule has 0 radical (unpaired) electrons. The van der Waals surface area contributed by atoms with Crippen molar-refractivity contribution in [3.63, 3.8) is 0 Å². The van der Waals surface area contributed by atoms with Crippen molar-refractivity contribution < 1.29 is 9.66 Å². The van der Waals surface area contributed by atoms with Crippen molar-refractivity contribution >= 4 is 17.5 Å². The molecule has 2 rings (SSSR count). The van der Waals surface area contributed by atoms with E-state index < -0.39 is 4.92 Å². The van der Waals surface area contributed by atoms with E-state index in [4.69, 9.17) is 4.74 Å². The van der Waals surface area contributed by atoms with E-state index in [9.17, 15) is 10.1 Å². The summed E-state index contributed by atoms with van der Waals surface area (Å²) in [6.07, 6.45) is 4.40. The molecule has 0 aromatic carbocycles. The first-order valence-electron chi connectivity index (χ1n) is 6.52. The Morgan fingerprint density at radius 3 is 2.85 bits per heavy atom. The lowest BCUT2D eigenvalue weighted by Gasteiger charge is -2.16. The molecule has 0 amide bonds. The van der Waals surface area contributed by atoms with Gasteiger partial charge in [-0.25, -0.2) is 4.98 Å². The van der Waals surface area contributed by atoms with Crippen LogP contribution in [0.1, 0.15) is 19.3 Å². The third-order valence-electron chi connectivity index (χ3n) is 3.61. The smallest absolute Gasteiger partial charge is 0.329 e. The number of aromatic nitrogens is 2. The standard InChI is InChI=1S/C12H19N5O3/c1-13-11-14-7-9(17(18)19)10(16-11)15-8-12(3-4-12)5-6-20-2/h7H,3-6,8H2,1-2H3,(H2,13,14,15,16). The summed E-state index contributed by atoms with van der Waals surface area (Å²) in [7, 11) is 3.35. The van der Waals surface area contributed by atoms with Crippen LogP contribution in [0.2, 0.25) is 0 Å². The lowest BCUT2D eigenvalue weighted by Crippen LogP contribution is -2.19. The molecule has 0 bridgehead atoms. The third kappa shape index (κ3) is 3.32. The zero-order valence-corrected chi connectivity index (χ0v) is 11.7. The van der Waals surface area contributed by atoms with Crippen LogP contribution in [0, 0.1) is 15.5 Å². The van der Waals surface area contributed by atoms with Gasteiger partial charge >= 0.3 is 5.69 Å². The van der Waals surface area contributed by atoms with Gasteiger partial charge in [-0.05, 0) is 24.7 Å². The van der Waals surface area contributed by atoms with Crippen LogP contribution >= 0.6 is 0 Å². The molecule has 0 atom stereocenters. The second kappa shape index (κ2) is 6.00. The van der Waals surface area contributed by atoms with Crippen LogP contribution in [-0.4, -0.2) is 42.2 Å². The first-order chi connectivity index (χ1) is 9.60. The number of ether oxygens (including phenoxy) is 1. The summed E-state index contributed by atoms with van der Waals surface area (Å²) >= 11 is 0. The molecule has 0 aliphatic heterocycles. The Bertz CT molecular complexity index is 490. The summed E-state index contributed by atoms with van der Waals surface area (Å²) in [4.78, 5) is 18.5. The maximum atomic E-state index is 11.0. The molecule has 8 heteroatoms. The molecule has 1 aliphatic rings. The molecular weight excluding hydrogens is 262 g/mol. The van der Waals surface area contributed by atoms with Gasteiger partial charge in [-0.2, -0.15) is 4.98 Å². The number of rotatable bonds is 8. The summed E-state index contributed by atoms with van der Waals surface area (Å²) in [5, 5.41) is 16.8. The van der Waals surface area contributed by atoms with E-state index in [1.165, 1.54) is 6.20 Å². The number of nitrogens with zero attached hydrogens (tertiary/aromatic N) is 3. The zero-order valence-electron chi connectivity index (χ0n) is 11.7. The molecule has 0 unspecified atom stereocenters. The molecule has 0 saturated heterocycles. The lowest BCUT2D eigenvalue weighted by atomic mass is 10.0. The highest BCUT2D eigenvalue weighted by molar-refractivity contribution is 5.57. The van der Waals surface area contributed by atoms with E-state index in [1.54, 1.807) is 14.2 Å². The Kier molecular flexibility index (Phi) is 4.33. The highest BCUT2D eigenvalue weighted by atomic mass is 16.6. The summed E-state index contributed by atoms with van der Waals surface area (Å²) in [6, 6.07) is 0. The minimum absolute atomic E-state index is 0.105. The minimum atomic E-state index is -0.476. The Hall–Kier alpha value is -1.96. The van der Waals surface area contributed by atoms with Crippen molar-refractivity contribution in [1.82, 2.24) is 9.97 Å². The van der Waals surface area contributed by atoms with Crippen molar-refractivity contribution in [2.45, 2.75) is 19.3 Å². The molecule has 1 fully saturated rings. The molecule has 110 valence electrons. The molecule has 8 nitrogen and oxygen atoms in total. The van der Waals surface area contributed by atoms with Crippen LogP contribution in [0.15, 0.2) is 6.20 Å². The fourth-order valence-corrected chi connectivity index (χ4v) is 2.04. The maximum Gasteiger partial charge on any atom is 0.329 e. The maximum absolute atomic E-state index is 11.0. The normalized spacial score (nSPS) is 15.7. The van der Waals surface area contributed by atoms with Crippen molar-refractivity contribution in [3.05, 3.63) is 16.3 Å². The van der Waals surface area contributed by atoms with Gasteiger partial charge in [0.05, 0.1) is 4.92 Å². The highest BCUT2D eigenvalue weighted by Gasteiger charge is 2.42. The monoisotopic (exact) mass is 281 g/mol. The molecule has 1 saturated carbocycles. The number of methoxy groups -OCH3 is 1. The van der Waals surface area contributed by atoms with Gasteiger partial charge in [0.2, 0.25) is 11.8 Å². The molecule has 1 heterocycles. The van der Waals surface area contributed by atoms with Gasteiger partial charge in [-0.1, -0.05) is 0 Å². The van der Waals surface area contributed by atoms with Crippen LogP contribution in [0.3, 0.4) is 0 Å². The van der Waals surface area contributed by atoms with Crippen LogP contribution in [0.5, 0.6) is 0 Å². The fourth-order valence-electron chi connectivity index (χ4n) is 2.04. The van der Waals surface area contributed by atoms with Crippen LogP contribution in [0.4, 0.5) is 17.5 Å². The second-order valence-electron chi connectivity index (χ2n) is 5.03. The van der Waals surface area contributed by atoms with E-state index in [0.717, 1.165) is 19.3 Å². The average Bonchev–Trinajstić information content (AvgIpc) is 3.23. The molecule has 1 aliphatic carbocycles. The SMILES string of the molecule is CNc1ncc([N+](=O)[O-])c(NCC2(CCOC)CC2)n1.